The van der Waals surface area contributed by atoms with Crippen LogP contribution in [0.4, 0.5) is 4.79 Å². The zero-order valence-corrected chi connectivity index (χ0v) is 9.35. The number of amides is 2. The highest BCUT2D eigenvalue weighted by atomic mass is 32.2. The number of hydrogen-bond donors (Lipinski definition) is 2. The number of rotatable bonds is 3. The first-order chi connectivity index (χ1) is 7.05. The van der Waals surface area contributed by atoms with E-state index in [0.717, 1.165) is 0 Å². The largest absolute Gasteiger partial charge is 0.338 e. The molecule has 0 aromatic rings. The highest BCUT2D eigenvalue weighted by Crippen LogP contribution is 2.27. The SMILES string of the molecule is O=C(NCC1CC1)NC1CCS(=O)(=O)C1. The van der Waals surface area contributed by atoms with E-state index in [2.05, 4.69) is 10.6 Å². The molecule has 1 saturated carbocycles. The zero-order valence-electron chi connectivity index (χ0n) is 8.53. The molecule has 86 valence electrons. The summed E-state index contributed by atoms with van der Waals surface area (Å²) in [4.78, 5) is 11.3. The molecule has 1 unspecified atom stereocenters. The summed E-state index contributed by atoms with van der Waals surface area (Å²) < 4.78 is 22.3. The van der Waals surface area contributed by atoms with Crippen LogP contribution in [-0.2, 0) is 9.84 Å². The van der Waals surface area contributed by atoms with Gasteiger partial charge in [0.05, 0.1) is 11.5 Å². The van der Waals surface area contributed by atoms with E-state index in [4.69, 9.17) is 0 Å². The molecule has 1 atom stereocenters. The zero-order chi connectivity index (χ0) is 10.9. The molecule has 0 radical (unpaired) electrons. The van der Waals surface area contributed by atoms with E-state index in [1.807, 2.05) is 0 Å². The van der Waals surface area contributed by atoms with Crippen LogP contribution in [0.2, 0.25) is 0 Å². The minimum Gasteiger partial charge on any atom is -0.338 e. The number of nitrogens with one attached hydrogen (secondary N) is 2. The van der Waals surface area contributed by atoms with E-state index in [-0.39, 0.29) is 23.6 Å². The van der Waals surface area contributed by atoms with Gasteiger partial charge in [-0.1, -0.05) is 0 Å². The number of carbonyl (C=O) groups is 1. The Hall–Kier alpha value is -0.780. The van der Waals surface area contributed by atoms with Crippen LogP contribution < -0.4 is 10.6 Å². The molecule has 0 aromatic carbocycles. The van der Waals surface area contributed by atoms with Gasteiger partial charge in [0.1, 0.15) is 0 Å². The fourth-order valence-electron chi connectivity index (χ4n) is 1.70. The molecule has 2 aliphatic rings. The normalized spacial score (nSPS) is 28.7. The van der Waals surface area contributed by atoms with Crippen LogP contribution in [0.5, 0.6) is 0 Å². The van der Waals surface area contributed by atoms with Gasteiger partial charge in [-0.15, -0.1) is 0 Å². The molecule has 2 fully saturated rings. The first kappa shape index (κ1) is 10.7. The molecule has 6 heteroatoms. The van der Waals surface area contributed by atoms with Crippen molar-refractivity contribution in [3.8, 4) is 0 Å². The summed E-state index contributed by atoms with van der Waals surface area (Å²) >= 11 is 0. The van der Waals surface area contributed by atoms with Gasteiger partial charge in [-0.05, 0) is 25.2 Å². The van der Waals surface area contributed by atoms with Gasteiger partial charge in [-0.2, -0.15) is 0 Å². The van der Waals surface area contributed by atoms with Crippen LogP contribution in [0.15, 0.2) is 0 Å². The Kier molecular flexibility index (Phi) is 2.86. The monoisotopic (exact) mass is 232 g/mol. The highest BCUT2D eigenvalue weighted by Gasteiger charge is 2.29. The Labute approximate surface area is 89.5 Å². The smallest absolute Gasteiger partial charge is 0.315 e. The van der Waals surface area contributed by atoms with Crippen molar-refractivity contribution >= 4 is 15.9 Å². The number of urea groups is 1. The van der Waals surface area contributed by atoms with Gasteiger partial charge < -0.3 is 10.6 Å². The molecule has 1 aliphatic carbocycles. The van der Waals surface area contributed by atoms with E-state index < -0.39 is 9.84 Å². The van der Waals surface area contributed by atoms with Gasteiger partial charge in [0, 0.05) is 12.6 Å². The molecule has 1 heterocycles. The van der Waals surface area contributed by atoms with E-state index in [1.54, 1.807) is 0 Å². The maximum Gasteiger partial charge on any atom is 0.315 e. The molecule has 0 bridgehead atoms. The van der Waals surface area contributed by atoms with E-state index in [9.17, 15) is 13.2 Å². The summed E-state index contributed by atoms with van der Waals surface area (Å²) in [6.07, 6.45) is 2.93. The Morgan fingerprint density at radius 3 is 2.53 bits per heavy atom. The van der Waals surface area contributed by atoms with Gasteiger partial charge in [-0.3, -0.25) is 0 Å². The molecular weight excluding hydrogens is 216 g/mol. The average Bonchev–Trinajstić information content (AvgIpc) is 2.89. The van der Waals surface area contributed by atoms with Crippen molar-refractivity contribution in [2.75, 3.05) is 18.1 Å². The van der Waals surface area contributed by atoms with Gasteiger partial charge in [0.2, 0.25) is 0 Å². The molecule has 2 N–H and O–H groups in total. The molecule has 1 aliphatic heterocycles. The summed E-state index contributed by atoms with van der Waals surface area (Å²) in [6, 6.07) is -0.432. The van der Waals surface area contributed by atoms with Crippen molar-refractivity contribution in [3.63, 3.8) is 0 Å². The lowest BCUT2D eigenvalue weighted by molar-refractivity contribution is 0.237. The van der Waals surface area contributed by atoms with Crippen molar-refractivity contribution in [1.29, 1.82) is 0 Å². The maximum absolute atomic E-state index is 11.3. The average molecular weight is 232 g/mol. The lowest BCUT2D eigenvalue weighted by Gasteiger charge is -2.11. The fraction of sp³-hybridized carbons (Fsp3) is 0.889. The first-order valence-corrected chi connectivity index (χ1v) is 7.12. The Morgan fingerprint density at radius 1 is 1.27 bits per heavy atom. The second kappa shape index (κ2) is 4.00. The second-order valence-corrected chi connectivity index (χ2v) is 6.63. The maximum atomic E-state index is 11.3. The summed E-state index contributed by atoms with van der Waals surface area (Å²) in [5, 5.41) is 5.44. The van der Waals surface area contributed by atoms with Crippen LogP contribution in [-0.4, -0.2) is 38.5 Å². The number of sulfone groups is 1. The minimum absolute atomic E-state index is 0.0872. The van der Waals surface area contributed by atoms with Crippen molar-refractivity contribution in [2.24, 2.45) is 5.92 Å². The number of carbonyl (C=O) groups excluding carboxylic acids is 1. The Balaban J connectivity index is 1.69. The third kappa shape index (κ3) is 3.37. The van der Waals surface area contributed by atoms with E-state index >= 15 is 0 Å². The van der Waals surface area contributed by atoms with Crippen molar-refractivity contribution in [1.82, 2.24) is 10.6 Å². The predicted octanol–water partition coefficient (Wildman–Crippen LogP) is -0.117. The van der Waals surface area contributed by atoms with Gasteiger partial charge in [-0.25, -0.2) is 13.2 Å². The molecule has 0 aromatic heterocycles. The summed E-state index contributed by atoms with van der Waals surface area (Å²) in [6.45, 7) is 0.714. The van der Waals surface area contributed by atoms with Crippen LogP contribution in [0.3, 0.4) is 0 Å². The summed E-state index contributed by atoms with van der Waals surface area (Å²) in [5.41, 5.74) is 0. The second-order valence-electron chi connectivity index (χ2n) is 4.40. The molecule has 0 spiro atoms. The molecule has 5 nitrogen and oxygen atoms in total. The van der Waals surface area contributed by atoms with E-state index in [1.165, 1.54) is 12.8 Å². The number of hydrogen-bond acceptors (Lipinski definition) is 3. The third-order valence-corrected chi connectivity index (χ3v) is 4.58. The highest BCUT2D eigenvalue weighted by molar-refractivity contribution is 7.91. The van der Waals surface area contributed by atoms with Crippen LogP contribution in [0, 0.1) is 5.92 Å². The summed E-state index contributed by atoms with van der Waals surface area (Å²) in [5.74, 6) is 0.924. The molecule has 2 amide bonds. The quantitative estimate of drug-likeness (QED) is 0.712. The van der Waals surface area contributed by atoms with Gasteiger partial charge in [0.25, 0.3) is 0 Å². The standard InChI is InChI=1S/C9H16N2O3S/c12-9(10-5-7-1-2-7)11-8-3-4-15(13,14)6-8/h7-8H,1-6H2,(H2,10,11,12). The molecular formula is C9H16N2O3S. The lowest BCUT2D eigenvalue weighted by Crippen LogP contribution is -2.43. The van der Waals surface area contributed by atoms with Crippen LogP contribution >= 0.6 is 0 Å². The van der Waals surface area contributed by atoms with Crippen molar-refractivity contribution in [2.45, 2.75) is 25.3 Å². The third-order valence-electron chi connectivity index (χ3n) is 2.82. The fourth-order valence-corrected chi connectivity index (χ4v) is 3.38. The lowest BCUT2D eigenvalue weighted by atomic mass is 10.3. The first-order valence-electron chi connectivity index (χ1n) is 5.30. The summed E-state index contributed by atoms with van der Waals surface area (Å²) in [7, 11) is -2.90. The Morgan fingerprint density at radius 2 is 2.00 bits per heavy atom. The van der Waals surface area contributed by atoms with Gasteiger partial charge >= 0.3 is 6.03 Å². The van der Waals surface area contributed by atoms with Crippen LogP contribution in [0.25, 0.3) is 0 Å². The Bertz CT molecular complexity index is 348. The van der Waals surface area contributed by atoms with Gasteiger partial charge in [0.15, 0.2) is 9.84 Å². The van der Waals surface area contributed by atoms with Crippen molar-refractivity contribution < 1.29 is 13.2 Å². The van der Waals surface area contributed by atoms with E-state index in [0.29, 0.717) is 18.9 Å². The molecule has 1 saturated heterocycles. The van der Waals surface area contributed by atoms with Crippen LogP contribution in [0.1, 0.15) is 19.3 Å². The minimum atomic E-state index is -2.90. The molecule has 2 rings (SSSR count). The topological polar surface area (TPSA) is 75.3 Å². The molecule has 15 heavy (non-hydrogen) atoms. The van der Waals surface area contributed by atoms with Crippen molar-refractivity contribution in [3.05, 3.63) is 0 Å². The predicted molar refractivity (Wildman–Crippen MR) is 56.3 cm³/mol.